The molecule has 0 saturated carbocycles. The smallest absolute Gasteiger partial charge is 0.263 e. The summed E-state index contributed by atoms with van der Waals surface area (Å²) in [6.45, 7) is 0.0363. The van der Waals surface area contributed by atoms with Crippen molar-refractivity contribution in [2.24, 2.45) is 0 Å². The van der Waals surface area contributed by atoms with Crippen molar-refractivity contribution in [2.75, 3.05) is 6.54 Å². The van der Waals surface area contributed by atoms with Crippen molar-refractivity contribution in [3.63, 3.8) is 0 Å². The van der Waals surface area contributed by atoms with Gasteiger partial charge < -0.3 is 19.3 Å². The van der Waals surface area contributed by atoms with Crippen LogP contribution in [0.1, 0.15) is 21.5 Å². The highest BCUT2D eigenvalue weighted by atomic mass is 32.1. The number of hydrogen-bond acceptors (Lipinski definition) is 6. The van der Waals surface area contributed by atoms with Gasteiger partial charge in [0.1, 0.15) is 16.7 Å². The second kappa shape index (κ2) is 7.61. The zero-order chi connectivity index (χ0) is 18.6. The van der Waals surface area contributed by atoms with Crippen LogP contribution in [0, 0.1) is 0 Å². The van der Waals surface area contributed by atoms with Gasteiger partial charge in [0.05, 0.1) is 24.8 Å². The van der Waals surface area contributed by atoms with Crippen molar-refractivity contribution in [1.82, 2.24) is 10.3 Å². The maximum Gasteiger partial charge on any atom is 0.263 e. The van der Waals surface area contributed by atoms with Crippen molar-refractivity contribution in [1.29, 1.82) is 0 Å². The highest BCUT2D eigenvalue weighted by Crippen LogP contribution is 2.34. The fourth-order valence-corrected chi connectivity index (χ4v) is 3.59. The van der Waals surface area contributed by atoms with Gasteiger partial charge in [0.25, 0.3) is 5.91 Å². The summed E-state index contributed by atoms with van der Waals surface area (Å²) in [6, 6.07) is 16.4. The van der Waals surface area contributed by atoms with Crippen molar-refractivity contribution in [2.45, 2.75) is 6.10 Å². The summed E-state index contributed by atoms with van der Waals surface area (Å²) in [4.78, 5) is 17.8. The van der Waals surface area contributed by atoms with Crippen LogP contribution in [0.25, 0.3) is 22.0 Å². The van der Waals surface area contributed by atoms with Gasteiger partial charge in [-0.1, -0.05) is 30.3 Å². The van der Waals surface area contributed by atoms with Crippen LogP contribution in [-0.2, 0) is 0 Å². The summed E-state index contributed by atoms with van der Waals surface area (Å²) < 4.78 is 10.6. The lowest BCUT2D eigenvalue weighted by atomic mass is 10.1. The maximum atomic E-state index is 12.8. The van der Waals surface area contributed by atoms with Crippen LogP contribution >= 0.6 is 11.3 Å². The first kappa shape index (κ1) is 17.3. The fourth-order valence-electron chi connectivity index (χ4n) is 2.62. The van der Waals surface area contributed by atoms with Crippen LogP contribution in [0.2, 0.25) is 0 Å². The molecule has 0 bridgehead atoms. The van der Waals surface area contributed by atoms with Crippen molar-refractivity contribution in [3.05, 3.63) is 77.8 Å². The van der Waals surface area contributed by atoms with Crippen LogP contribution in [0.3, 0.4) is 0 Å². The van der Waals surface area contributed by atoms with Gasteiger partial charge in [-0.3, -0.25) is 4.79 Å². The Morgan fingerprint density at radius 3 is 2.56 bits per heavy atom. The number of rotatable bonds is 6. The Hall–Kier alpha value is -3.16. The number of nitrogens with one attached hydrogen (secondary N) is 1. The topological polar surface area (TPSA) is 88.5 Å². The van der Waals surface area contributed by atoms with E-state index in [0.29, 0.717) is 27.1 Å². The minimum atomic E-state index is -0.915. The maximum absolute atomic E-state index is 12.8. The molecule has 7 heteroatoms. The molecular weight excluding hydrogens is 364 g/mol. The second-order valence-corrected chi connectivity index (χ2v) is 6.78. The number of furan rings is 2. The molecule has 1 aromatic carbocycles. The number of thiazole rings is 1. The largest absolute Gasteiger partial charge is 0.467 e. The minimum Gasteiger partial charge on any atom is -0.467 e. The molecule has 0 aliphatic rings. The van der Waals surface area contributed by atoms with E-state index >= 15 is 0 Å². The molecule has 0 fully saturated rings. The Morgan fingerprint density at radius 1 is 1.07 bits per heavy atom. The molecule has 136 valence electrons. The highest BCUT2D eigenvalue weighted by Gasteiger charge is 2.22. The van der Waals surface area contributed by atoms with E-state index in [0.717, 1.165) is 5.56 Å². The summed E-state index contributed by atoms with van der Waals surface area (Å²) in [7, 11) is 0. The van der Waals surface area contributed by atoms with E-state index in [1.54, 1.807) is 30.5 Å². The highest BCUT2D eigenvalue weighted by molar-refractivity contribution is 7.17. The number of carbonyl (C=O) groups is 1. The Kier molecular flexibility index (Phi) is 4.86. The molecule has 3 heterocycles. The van der Waals surface area contributed by atoms with E-state index < -0.39 is 6.10 Å². The first-order chi connectivity index (χ1) is 13.2. The first-order valence-electron chi connectivity index (χ1n) is 8.32. The summed E-state index contributed by atoms with van der Waals surface area (Å²) in [6.07, 6.45) is 2.13. The molecule has 0 saturated heterocycles. The third-order valence-electron chi connectivity index (χ3n) is 3.94. The zero-order valence-electron chi connectivity index (χ0n) is 14.2. The number of benzene rings is 1. The molecule has 0 radical (unpaired) electrons. The lowest BCUT2D eigenvalue weighted by molar-refractivity contribution is 0.0905. The standard InChI is InChI=1S/C20H16N2O4S/c23-14(15-8-4-10-25-15)12-21-19(24)18-17(13-6-2-1-3-7-13)22-20(27-18)16-9-5-11-26-16/h1-11,14,23H,12H2,(H,21,24). The first-order valence-corrected chi connectivity index (χ1v) is 9.14. The molecule has 0 aliphatic heterocycles. The minimum absolute atomic E-state index is 0.0363. The van der Waals surface area contributed by atoms with Crippen LogP contribution in [0.4, 0.5) is 0 Å². The van der Waals surface area contributed by atoms with Gasteiger partial charge >= 0.3 is 0 Å². The number of aliphatic hydroxyl groups excluding tert-OH is 1. The zero-order valence-corrected chi connectivity index (χ0v) is 15.0. The molecule has 2 N–H and O–H groups in total. The van der Waals surface area contributed by atoms with E-state index in [4.69, 9.17) is 8.83 Å². The third-order valence-corrected chi connectivity index (χ3v) is 5.01. The van der Waals surface area contributed by atoms with Gasteiger partial charge in [0.2, 0.25) is 0 Å². The molecule has 4 rings (SSSR count). The fraction of sp³-hybridized carbons (Fsp3) is 0.100. The summed E-state index contributed by atoms with van der Waals surface area (Å²) >= 11 is 1.25. The van der Waals surface area contributed by atoms with Crippen molar-refractivity contribution in [3.8, 4) is 22.0 Å². The predicted octanol–water partition coefficient (Wildman–Crippen LogP) is 4.13. The quantitative estimate of drug-likeness (QED) is 0.525. The van der Waals surface area contributed by atoms with Gasteiger partial charge in [0.15, 0.2) is 10.8 Å². The van der Waals surface area contributed by atoms with Gasteiger partial charge in [-0.2, -0.15) is 0 Å². The molecule has 1 unspecified atom stereocenters. The molecule has 4 aromatic rings. The van der Waals surface area contributed by atoms with Crippen molar-refractivity contribution >= 4 is 17.2 Å². The number of amides is 1. The monoisotopic (exact) mass is 380 g/mol. The van der Waals surface area contributed by atoms with Crippen molar-refractivity contribution < 1.29 is 18.7 Å². The van der Waals surface area contributed by atoms with Gasteiger partial charge in [-0.25, -0.2) is 4.98 Å². The summed E-state index contributed by atoms with van der Waals surface area (Å²) in [5, 5.41) is 13.5. The number of carbonyl (C=O) groups excluding carboxylic acids is 1. The lowest BCUT2D eigenvalue weighted by Crippen LogP contribution is -2.28. The second-order valence-electron chi connectivity index (χ2n) is 5.78. The molecule has 27 heavy (non-hydrogen) atoms. The average molecular weight is 380 g/mol. The molecule has 3 aromatic heterocycles. The van der Waals surface area contributed by atoms with Gasteiger partial charge in [-0.05, 0) is 24.3 Å². The van der Waals surface area contributed by atoms with E-state index in [1.807, 2.05) is 30.3 Å². The lowest BCUT2D eigenvalue weighted by Gasteiger charge is -2.09. The Balaban J connectivity index is 1.61. The average Bonchev–Trinajstić information content (AvgIpc) is 3.47. The number of nitrogens with zero attached hydrogens (tertiary/aromatic N) is 1. The van der Waals surface area contributed by atoms with Crippen LogP contribution in [0.5, 0.6) is 0 Å². The molecule has 1 atom stereocenters. The molecule has 0 spiro atoms. The van der Waals surface area contributed by atoms with E-state index in [-0.39, 0.29) is 12.5 Å². The number of aliphatic hydroxyl groups is 1. The molecular formula is C20H16N2O4S. The molecule has 0 aliphatic carbocycles. The summed E-state index contributed by atoms with van der Waals surface area (Å²) in [5.41, 5.74) is 1.42. The normalized spacial score (nSPS) is 12.0. The predicted molar refractivity (Wildman–Crippen MR) is 101 cm³/mol. The SMILES string of the molecule is O=C(NCC(O)c1ccco1)c1sc(-c2ccco2)nc1-c1ccccc1. The van der Waals surface area contributed by atoms with Gasteiger partial charge in [-0.15, -0.1) is 11.3 Å². The number of aromatic nitrogens is 1. The van der Waals surface area contributed by atoms with Crippen LogP contribution in [-0.4, -0.2) is 22.5 Å². The Bertz CT molecular complexity index is 1010. The Labute approximate surface area is 159 Å². The molecule has 6 nitrogen and oxygen atoms in total. The van der Waals surface area contributed by atoms with E-state index in [1.165, 1.54) is 17.6 Å². The van der Waals surface area contributed by atoms with E-state index in [2.05, 4.69) is 10.3 Å². The van der Waals surface area contributed by atoms with Crippen LogP contribution < -0.4 is 5.32 Å². The third kappa shape index (κ3) is 3.69. The van der Waals surface area contributed by atoms with Gasteiger partial charge in [0, 0.05) is 5.56 Å². The molecule has 1 amide bonds. The Morgan fingerprint density at radius 2 is 1.85 bits per heavy atom. The van der Waals surface area contributed by atoms with E-state index in [9.17, 15) is 9.90 Å². The van der Waals surface area contributed by atoms with Crippen LogP contribution in [0.15, 0.2) is 76.0 Å². The summed E-state index contributed by atoms with van der Waals surface area (Å²) in [5.74, 6) is 0.695. The number of hydrogen-bond donors (Lipinski definition) is 2.